The number of rotatable bonds is 7. The van der Waals surface area contributed by atoms with Crippen LogP contribution < -0.4 is 15.8 Å². The Bertz CT molecular complexity index is 1920. The summed E-state index contributed by atoms with van der Waals surface area (Å²) in [6.07, 6.45) is 7.90. The highest BCUT2D eigenvalue weighted by Crippen LogP contribution is 2.36. The van der Waals surface area contributed by atoms with Gasteiger partial charge in [0.25, 0.3) is 11.5 Å². The fourth-order valence-electron chi connectivity index (χ4n) is 7.95. The molecule has 3 aliphatic heterocycles. The molecule has 1 aliphatic carbocycles. The van der Waals surface area contributed by atoms with Crippen LogP contribution >= 0.6 is 0 Å². The summed E-state index contributed by atoms with van der Waals surface area (Å²) in [5.74, 6) is -0.186. The first-order valence-corrected chi connectivity index (χ1v) is 17.1. The quantitative estimate of drug-likeness (QED) is 0.297. The third-order valence-electron chi connectivity index (χ3n) is 10.7. The van der Waals surface area contributed by atoms with Crippen molar-refractivity contribution in [3.05, 3.63) is 92.9 Å². The fourth-order valence-corrected chi connectivity index (χ4v) is 7.95. The number of aryl methyl sites for hydroxylation is 2. The average Bonchev–Trinajstić information content (AvgIpc) is 3.46. The first kappa shape index (κ1) is 31.0. The van der Waals surface area contributed by atoms with Gasteiger partial charge in [-0.05, 0) is 99.0 Å². The number of fused-ring (bicyclic) bond motifs is 3. The number of nitrogens with one attached hydrogen (secondary N) is 1. The van der Waals surface area contributed by atoms with Crippen LogP contribution in [0.15, 0.2) is 53.5 Å². The average molecular weight is 653 g/mol. The largest absolute Gasteiger partial charge is 0.392 e. The van der Waals surface area contributed by atoms with E-state index in [9.17, 15) is 14.7 Å². The van der Waals surface area contributed by atoms with E-state index in [-0.39, 0.29) is 17.3 Å². The third-order valence-corrected chi connectivity index (χ3v) is 10.7. The van der Waals surface area contributed by atoms with Gasteiger partial charge in [-0.25, -0.2) is 9.37 Å². The zero-order valence-electron chi connectivity index (χ0n) is 27.3. The number of carbonyl (C=O) groups excluding carboxylic acids is 1. The maximum atomic E-state index is 15.3. The lowest BCUT2D eigenvalue weighted by atomic mass is 9.88. The predicted octanol–water partition coefficient (Wildman–Crippen LogP) is 4.74. The zero-order chi connectivity index (χ0) is 32.9. The lowest BCUT2D eigenvalue weighted by molar-refractivity contribution is -0.0712. The fraction of sp³-hybridized carbons (Fsp3) is 0.432. The van der Waals surface area contributed by atoms with Crippen LogP contribution in [-0.2, 0) is 37.8 Å². The van der Waals surface area contributed by atoms with Gasteiger partial charge in [-0.2, -0.15) is 0 Å². The number of halogens is 1. The molecule has 0 bridgehead atoms. The van der Waals surface area contributed by atoms with Crippen molar-refractivity contribution in [2.24, 2.45) is 7.05 Å². The third kappa shape index (κ3) is 5.53. The molecule has 2 N–H and O–H groups in total. The minimum atomic E-state index is -0.558. The second kappa shape index (κ2) is 12.6. The van der Waals surface area contributed by atoms with Crippen LogP contribution in [0, 0.1) is 5.82 Å². The summed E-state index contributed by atoms with van der Waals surface area (Å²) in [4.78, 5) is 35.8. The molecule has 0 radical (unpaired) electrons. The molecule has 2 aromatic heterocycles. The SMILES string of the molecule is Cn1cc(-c2cc(F)cc(N3CCn4c(cc5c4CCCC5)C3=O)c2CO)nc(Nc2ccc(C3CCN(C4COC4)CC3)cc2)c1=O. The maximum absolute atomic E-state index is 15.3. The topological polar surface area (TPSA) is 105 Å². The Morgan fingerprint density at radius 3 is 2.50 bits per heavy atom. The first-order chi connectivity index (χ1) is 23.4. The Hall–Kier alpha value is -4.32. The Morgan fingerprint density at radius 1 is 1.00 bits per heavy atom. The number of carbonyl (C=O) groups is 1. The number of aliphatic hydroxyl groups is 1. The van der Waals surface area contributed by atoms with Gasteiger partial charge >= 0.3 is 0 Å². The Labute approximate surface area is 278 Å². The van der Waals surface area contributed by atoms with Crippen LogP contribution in [0.4, 0.5) is 21.6 Å². The van der Waals surface area contributed by atoms with E-state index in [4.69, 9.17) is 4.74 Å². The molecule has 8 rings (SSSR count). The molecule has 4 aliphatic rings. The summed E-state index contributed by atoms with van der Waals surface area (Å²) in [6.45, 7) is 4.36. The van der Waals surface area contributed by atoms with Crippen molar-refractivity contribution in [2.75, 3.05) is 43.1 Å². The van der Waals surface area contributed by atoms with E-state index in [1.165, 1.54) is 39.7 Å². The van der Waals surface area contributed by atoms with Crippen molar-refractivity contribution in [3.63, 3.8) is 0 Å². The van der Waals surface area contributed by atoms with Gasteiger partial charge in [0.05, 0.1) is 37.2 Å². The molecule has 2 aromatic carbocycles. The number of ether oxygens (including phenoxy) is 1. The highest BCUT2D eigenvalue weighted by Gasteiger charge is 2.33. The number of amides is 1. The van der Waals surface area contributed by atoms with Crippen molar-refractivity contribution >= 4 is 23.1 Å². The van der Waals surface area contributed by atoms with E-state index in [1.807, 2.05) is 18.2 Å². The lowest BCUT2D eigenvalue weighted by Gasteiger charge is -2.41. The molecule has 11 heteroatoms. The number of benzene rings is 2. The van der Waals surface area contributed by atoms with Crippen LogP contribution in [0.1, 0.15) is 64.5 Å². The molecule has 0 saturated carbocycles. The number of piperidine rings is 1. The summed E-state index contributed by atoms with van der Waals surface area (Å²) < 4.78 is 24.2. The summed E-state index contributed by atoms with van der Waals surface area (Å²) in [6, 6.07) is 13.3. The molecule has 250 valence electrons. The summed E-state index contributed by atoms with van der Waals surface area (Å²) in [5.41, 5.74) is 6.05. The number of likely N-dealkylation sites (tertiary alicyclic amines) is 1. The molecule has 2 saturated heterocycles. The predicted molar refractivity (Wildman–Crippen MR) is 181 cm³/mol. The molecule has 4 aromatic rings. The van der Waals surface area contributed by atoms with Gasteiger partial charge in [0, 0.05) is 48.8 Å². The maximum Gasteiger partial charge on any atom is 0.293 e. The Balaban J connectivity index is 1.06. The highest BCUT2D eigenvalue weighted by atomic mass is 19.1. The van der Waals surface area contributed by atoms with Crippen LogP contribution in [0.3, 0.4) is 0 Å². The molecular formula is C37H41FN6O4. The van der Waals surface area contributed by atoms with Crippen LogP contribution in [-0.4, -0.2) is 68.9 Å². The lowest BCUT2D eigenvalue weighted by Crippen LogP contribution is -2.51. The van der Waals surface area contributed by atoms with Crippen LogP contribution in [0.25, 0.3) is 11.3 Å². The molecule has 0 spiro atoms. The molecule has 0 unspecified atom stereocenters. The van der Waals surface area contributed by atoms with Gasteiger partial charge in [0.2, 0.25) is 0 Å². The highest BCUT2D eigenvalue weighted by molar-refractivity contribution is 6.07. The van der Waals surface area contributed by atoms with E-state index in [0.29, 0.717) is 53.3 Å². The zero-order valence-corrected chi connectivity index (χ0v) is 27.3. The standard InChI is InChI=1S/C37H41FN6O4/c1-41-19-31(40-35(37(41)47)39-27-8-6-23(7-9-27)24-10-12-42(13-11-24)28-21-48-22-28)29-17-26(38)18-33(30(29)20-45)44-15-14-43-32-5-3-2-4-25(32)16-34(43)36(44)46/h6-9,16-19,24,28,45H,2-5,10-15,20-22H2,1H3,(H,39,40). The second-order valence-corrected chi connectivity index (χ2v) is 13.6. The van der Waals surface area contributed by atoms with Crippen molar-refractivity contribution in [1.82, 2.24) is 19.0 Å². The first-order valence-electron chi connectivity index (χ1n) is 17.1. The van der Waals surface area contributed by atoms with Crippen molar-refractivity contribution in [3.8, 4) is 11.3 Å². The van der Waals surface area contributed by atoms with Gasteiger partial charge in [-0.15, -0.1) is 0 Å². The Kier molecular flexibility index (Phi) is 8.14. The van der Waals surface area contributed by atoms with E-state index in [0.717, 1.165) is 70.5 Å². The number of anilines is 3. The molecular weight excluding hydrogens is 611 g/mol. The number of aromatic nitrogens is 3. The van der Waals surface area contributed by atoms with E-state index in [2.05, 4.69) is 31.9 Å². The van der Waals surface area contributed by atoms with Gasteiger partial charge in [-0.1, -0.05) is 12.1 Å². The van der Waals surface area contributed by atoms with E-state index in [1.54, 1.807) is 11.9 Å². The summed E-state index contributed by atoms with van der Waals surface area (Å²) in [7, 11) is 1.62. The monoisotopic (exact) mass is 652 g/mol. The van der Waals surface area contributed by atoms with Crippen LogP contribution in [0.5, 0.6) is 0 Å². The Morgan fingerprint density at radius 2 is 1.77 bits per heavy atom. The van der Waals surface area contributed by atoms with E-state index < -0.39 is 12.4 Å². The van der Waals surface area contributed by atoms with Gasteiger partial charge in [-0.3, -0.25) is 14.5 Å². The second-order valence-electron chi connectivity index (χ2n) is 13.6. The molecule has 48 heavy (non-hydrogen) atoms. The minimum absolute atomic E-state index is 0.0888. The van der Waals surface area contributed by atoms with Gasteiger partial charge in [0.1, 0.15) is 11.5 Å². The normalized spacial score (nSPS) is 18.8. The van der Waals surface area contributed by atoms with Crippen molar-refractivity contribution < 1.29 is 19.0 Å². The molecule has 2 fully saturated rings. The molecule has 0 atom stereocenters. The summed E-state index contributed by atoms with van der Waals surface area (Å²) >= 11 is 0. The smallest absolute Gasteiger partial charge is 0.293 e. The summed E-state index contributed by atoms with van der Waals surface area (Å²) in [5, 5.41) is 13.8. The van der Waals surface area contributed by atoms with Crippen LogP contribution in [0.2, 0.25) is 0 Å². The minimum Gasteiger partial charge on any atom is -0.392 e. The number of hydrogen-bond acceptors (Lipinski definition) is 7. The number of hydrogen-bond donors (Lipinski definition) is 2. The van der Waals surface area contributed by atoms with Crippen molar-refractivity contribution in [1.29, 1.82) is 0 Å². The molecule has 1 amide bonds. The van der Waals surface area contributed by atoms with Gasteiger partial charge in [0.15, 0.2) is 5.82 Å². The molecule has 5 heterocycles. The number of nitrogens with zero attached hydrogens (tertiary/aromatic N) is 5. The number of aliphatic hydroxyl groups excluding tert-OH is 1. The van der Waals surface area contributed by atoms with E-state index >= 15 is 4.39 Å². The van der Waals surface area contributed by atoms with Crippen molar-refractivity contribution in [2.45, 2.75) is 63.6 Å². The molecule has 10 nitrogen and oxygen atoms in total. The van der Waals surface area contributed by atoms with Gasteiger partial charge < -0.3 is 29.2 Å².